The van der Waals surface area contributed by atoms with Crippen molar-refractivity contribution >= 4 is 29.1 Å². The number of primary amides is 1. The number of nitrogens with zero attached hydrogens (tertiary/aromatic N) is 1. The van der Waals surface area contributed by atoms with Crippen LogP contribution < -0.4 is 16.5 Å². The minimum atomic E-state index is -0.539. The smallest absolute Gasteiger partial charge is 0.272 e. The third-order valence-electron chi connectivity index (χ3n) is 2.33. The molecule has 0 bridgehead atoms. The first-order valence-electron chi connectivity index (χ1n) is 5.13. The average molecular weight is 246 g/mol. The summed E-state index contributed by atoms with van der Waals surface area (Å²) in [6, 6.07) is 6.08. The molecule has 0 saturated carbocycles. The molecule has 18 heavy (non-hydrogen) atoms. The Hall–Kier alpha value is -2.70. The zero-order valence-electron chi connectivity index (χ0n) is 9.27. The van der Waals surface area contributed by atoms with Gasteiger partial charge in [0.1, 0.15) is 5.71 Å². The van der Waals surface area contributed by atoms with Crippen molar-refractivity contribution in [3.8, 4) is 0 Å². The molecule has 7 nitrogen and oxygen atoms in total. The van der Waals surface area contributed by atoms with Crippen molar-refractivity contribution < 1.29 is 14.4 Å². The van der Waals surface area contributed by atoms with Gasteiger partial charge in [-0.1, -0.05) is 0 Å². The van der Waals surface area contributed by atoms with E-state index >= 15 is 0 Å². The number of nitrogens with one attached hydrogen (secondary N) is 2. The first-order valence-corrected chi connectivity index (χ1v) is 5.13. The molecular formula is C11H10N4O3. The van der Waals surface area contributed by atoms with Crippen LogP contribution >= 0.6 is 0 Å². The van der Waals surface area contributed by atoms with Gasteiger partial charge in [0.25, 0.3) is 5.91 Å². The maximum absolute atomic E-state index is 11.7. The summed E-state index contributed by atoms with van der Waals surface area (Å²) in [5.74, 6) is -1.31. The van der Waals surface area contributed by atoms with E-state index in [2.05, 4.69) is 15.8 Å². The van der Waals surface area contributed by atoms with E-state index < -0.39 is 11.8 Å². The van der Waals surface area contributed by atoms with Gasteiger partial charge in [-0.3, -0.25) is 14.4 Å². The number of carbonyl (C=O) groups excluding carboxylic acids is 3. The Morgan fingerprint density at radius 1 is 1.28 bits per heavy atom. The fourth-order valence-corrected chi connectivity index (χ4v) is 1.41. The molecule has 0 spiro atoms. The third-order valence-corrected chi connectivity index (χ3v) is 2.33. The van der Waals surface area contributed by atoms with Crippen molar-refractivity contribution in [3.63, 3.8) is 0 Å². The van der Waals surface area contributed by atoms with Crippen LogP contribution in [0.25, 0.3) is 0 Å². The molecule has 1 aromatic carbocycles. The van der Waals surface area contributed by atoms with E-state index in [0.29, 0.717) is 11.3 Å². The molecule has 4 N–H and O–H groups in total. The Balaban J connectivity index is 2.03. The lowest BCUT2D eigenvalue weighted by Gasteiger charge is -2.04. The van der Waals surface area contributed by atoms with Gasteiger partial charge in [0.15, 0.2) is 0 Å². The molecule has 0 saturated heterocycles. The number of benzene rings is 1. The maximum atomic E-state index is 11.7. The first-order chi connectivity index (χ1) is 8.56. The molecule has 1 aliphatic heterocycles. The Morgan fingerprint density at radius 3 is 2.44 bits per heavy atom. The molecule has 0 aliphatic carbocycles. The molecule has 1 aliphatic rings. The van der Waals surface area contributed by atoms with Crippen LogP contribution in [0.2, 0.25) is 0 Å². The number of amides is 3. The first kappa shape index (κ1) is 11.8. The summed E-state index contributed by atoms with van der Waals surface area (Å²) >= 11 is 0. The summed E-state index contributed by atoms with van der Waals surface area (Å²) in [6.07, 6.45) is -0.0365. The Bertz CT molecular complexity index is 548. The van der Waals surface area contributed by atoms with Gasteiger partial charge in [-0.2, -0.15) is 5.10 Å². The summed E-state index contributed by atoms with van der Waals surface area (Å²) in [5, 5.41) is 6.15. The van der Waals surface area contributed by atoms with Gasteiger partial charge in [0.2, 0.25) is 11.8 Å². The van der Waals surface area contributed by atoms with Gasteiger partial charge in [-0.25, -0.2) is 5.43 Å². The van der Waals surface area contributed by atoms with Gasteiger partial charge in [-0.05, 0) is 24.3 Å². The van der Waals surface area contributed by atoms with Crippen molar-refractivity contribution in [1.82, 2.24) is 5.43 Å². The molecule has 1 heterocycles. The number of anilines is 1. The lowest BCUT2D eigenvalue weighted by molar-refractivity contribution is -0.119. The molecule has 1 aromatic rings. The lowest BCUT2D eigenvalue weighted by atomic mass is 10.2. The summed E-state index contributed by atoms with van der Waals surface area (Å²) < 4.78 is 0. The second kappa shape index (κ2) is 4.66. The highest BCUT2D eigenvalue weighted by molar-refractivity contribution is 6.46. The lowest BCUT2D eigenvalue weighted by Crippen LogP contribution is -2.22. The molecule has 7 heteroatoms. The van der Waals surface area contributed by atoms with E-state index in [0.717, 1.165) is 0 Å². The molecule has 0 unspecified atom stereocenters. The largest absolute Gasteiger partial charge is 0.366 e. The molecule has 0 fully saturated rings. The van der Waals surface area contributed by atoms with Crippen LogP contribution in [0, 0.1) is 0 Å². The van der Waals surface area contributed by atoms with Crippen molar-refractivity contribution in [3.05, 3.63) is 29.8 Å². The normalized spacial score (nSPS) is 13.8. The molecule has 2 rings (SSSR count). The number of carbonyl (C=O) groups is 3. The van der Waals surface area contributed by atoms with Crippen LogP contribution in [0.4, 0.5) is 5.69 Å². The van der Waals surface area contributed by atoms with Gasteiger partial charge in [-0.15, -0.1) is 0 Å². The molecule has 3 amide bonds. The van der Waals surface area contributed by atoms with Crippen molar-refractivity contribution in [2.45, 2.75) is 6.42 Å². The fraction of sp³-hybridized carbons (Fsp3) is 0.0909. The van der Waals surface area contributed by atoms with Crippen molar-refractivity contribution in [2.24, 2.45) is 10.8 Å². The van der Waals surface area contributed by atoms with Gasteiger partial charge >= 0.3 is 0 Å². The summed E-state index contributed by atoms with van der Waals surface area (Å²) in [4.78, 5) is 33.4. The topological polar surface area (TPSA) is 114 Å². The predicted octanol–water partition coefficient (Wildman–Crippen LogP) is -0.400. The predicted molar refractivity (Wildman–Crippen MR) is 63.8 cm³/mol. The van der Waals surface area contributed by atoms with E-state index in [1.807, 2.05) is 0 Å². The summed E-state index contributed by atoms with van der Waals surface area (Å²) in [6.45, 7) is 0. The van der Waals surface area contributed by atoms with Crippen LogP contribution in [0.3, 0.4) is 0 Å². The zero-order valence-corrected chi connectivity index (χ0v) is 9.27. The Labute approximate surface area is 102 Å². The maximum Gasteiger partial charge on any atom is 0.272 e. The second-order valence-electron chi connectivity index (χ2n) is 3.67. The van der Waals surface area contributed by atoms with Gasteiger partial charge < -0.3 is 11.1 Å². The van der Waals surface area contributed by atoms with Crippen LogP contribution in [0.15, 0.2) is 29.4 Å². The summed E-state index contributed by atoms with van der Waals surface area (Å²) in [7, 11) is 0. The van der Waals surface area contributed by atoms with Crippen molar-refractivity contribution in [1.29, 1.82) is 0 Å². The highest BCUT2D eigenvalue weighted by Crippen LogP contribution is 2.10. The summed E-state index contributed by atoms with van der Waals surface area (Å²) in [5.41, 5.74) is 8.24. The Morgan fingerprint density at radius 2 is 1.94 bits per heavy atom. The van der Waals surface area contributed by atoms with Crippen LogP contribution in [-0.4, -0.2) is 23.4 Å². The second-order valence-corrected chi connectivity index (χ2v) is 3.67. The van der Waals surface area contributed by atoms with E-state index in [-0.39, 0.29) is 18.0 Å². The molecular weight excluding hydrogens is 236 g/mol. The zero-order chi connectivity index (χ0) is 13.1. The fourth-order valence-electron chi connectivity index (χ4n) is 1.41. The number of rotatable bonds is 3. The third kappa shape index (κ3) is 2.51. The quantitative estimate of drug-likeness (QED) is 0.674. The average Bonchev–Trinajstić information content (AvgIpc) is 2.76. The SMILES string of the molecule is NC(=O)c1ccc(NC(=O)C2=NNC(=O)C2)cc1. The molecule has 0 radical (unpaired) electrons. The number of hydrogen-bond acceptors (Lipinski definition) is 4. The highest BCUT2D eigenvalue weighted by Gasteiger charge is 2.21. The molecule has 92 valence electrons. The molecule has 0 atom stereocenters. The van der Waals surface area contributed by atoms with Gasteiger partial charge in [0, 0.05) is 11.3 Å². The minimum Gasteiger partial charge on any atom is -0.366 e. The minimum absolute atomic E-state index is 0.0365. The van der Waals surface area contributed by atoms with Crippen molar-refractivity contribution in [2.75, 3.05) is 5.32 Å². The van der Waals surface area contributed by atoms with Crippen LogP contribution in [0.5, 0.6) is 0 Å². The Kier molecular flexibility index (Phi) is 3.05. The highest BCUT2D eigenvalue weighted by atomic mass is 16.2. The van der Waals surface area contributed by atoms with E-state index in [1.54, 1.807) is 12.1 Å². The van der Waals surface area contributed by atoms with E-state index in [1.165, 1.54) is 12.1 Å². The number of hydrogen-bond donors (Lipinski definition) is 3. The number of hydrazone groups is 1. The number of nitrogens with two attached hydrogens (primary N) is 1. The van der Waals surface area contributed by atoms with Crippen LogP contribution in [0.1, 0.15) is 16.8 Å². The monoisotopic (exact) mass is 246 g/mol. The van der Waals surface area contributed by atoms with Crippen LogP contribution in [-0.2, 0) is 9.59 Å². The van der Waals surface area contributed by atoms with E-state index in [4.69, 9.17) is 5.73 Å². The standard InChI is InChI=1S/C11H10N4O3/c12-10(17)6-1-3-7(4-2-6)13-11(18)8-5-9(16)15-14-8/h1-4H,5H2,(H2,12,17)(H,13,18)(H,15,16). The van der Waals surface area contributed by atoms with E-state index in [9.17, 15) is 14.4 Å². The molecule has 0 aromatic heterocycles. The van der Waals surface area contributed by atoms with Gasteiger partial charge in [0.05, 0.1) is 6.42 Å².